The van der Waals surface area contributed by atoms with E-state index in [-0.39, 0.29) is 17.2 Å². The van der Waals surface area contributed by atoms with E-state index in [1.54, 1.807) is 24.6 Å². The first-order chi connectivity index (χ1) is 14.0. The van der Waals surface area contributed by atoms with E-state index in [1.165, 1.54) is 11.8 Å². The van der Waals surface area contributed by atoms with E-state index in [9.17, 15) is 4.79 Å². The molecule has 0 bridgehead atoms. The highest BCUT2D eigenvalue weighted by Crippen LogP contribution is 2.29. The van der Waals surface area contributed by atoms with Crippen LogP contribution < -0.4 is 5.32 Å². The van der Waals surface area contributed by atoms with Crippen LogP contribution in [0.2, 0.25) is 0 Å². The van der Waals surface area contributed by atoms with Crippen molar-refractivity contribution < 1.29 is 9.21 Å². The molecule has 29 heavy (non-hydrogen) atoms. The summed E-state index contributed by atoms with van der Waals surface area (Å²) in [6, 6.07) is 3.88. The maximum Gasteiger partial charge on any atom is 0.238 e. The number of carbonyl (C=O) groups is 1. The number of hydrogen-bond donors (Lipinski definition) is 1. The van der Waals surface area contributed by atoms with E-state index < -0.39 is 0 Å². The van der Waals surface area contributed by atoms with Gasteiger partial charge in [0.15, 0.2) is 11.0 Å². The van der Waals surface area contributed by atoms with E-state index >= 15 is 0 Å². The van der Waals surface area contributed by atoms with E-state index in [2.05, 4.69) is 41.0 Å². The van der Waals surface area contributed by atoms with Crippen LogP contribution in [0.3, 0.4) is 0 Å². The fourth-order valence-corrected chi connectivity index (χ4v) is 3.72. The van der Waals surface area contributed by atoms with Gasteiger partial charge in [-0.2, -0.15) is 5.10 Å². The minimum Gasteiger partial charge on any atom is -0.469 e. The molecular weight excluding hydrogens is 388 g/mol. The molecule has 0 aliphatic rings. The van der Waals surface area contributed by atoms with Crippen LogP contribution in [0.5, 0.6) is 0 Å². The van der Waals surface area contributed by atoms with Gasteiger partial charge < -0.3 is 9.73 Å². The number of allylic oxidation sites excluding steroid dienone is 1. The van der Waals surface area contributed by atoms with E-state index in [0.29, 0.717) is 23.3 Å². The Morgan fingerprint density at radius 1 is 1.38 bits per heavy atom. The predicted molar refractivity (Wildman–Crippen MR) is 114 cm³/mol. The Labute approximate surface area is 174 Å². The average molecular weight is 415 g/mol. The summed E-state index contributed by atoms with van der Waals surface area (Å²) in [5.74, 6) is 2.04. The summed E-state index contributed by atoms with van der Waals surface area (Å²) in [6.07, 6.45) is 6.03. The molecule has 3 heterocycles. The van der Waals surface area contributed by atoms with Crippen LogP contribution >= 0.6 is 11.8 Å². The van der Waals surface area contributed by atoms with Crippen LogP contribution in [0.1, 0.15) is 39.0 Å². The molecule has 8 nitrogen and oxygen atoms in total. The van der Waals surface area contributed by atoms with Gasteiger partial charge in [-0.3, -0.25) is 9.36 Å². The number of hydrogen-bond acceptors (Lipinski definition) is 6. The van der Waals surface area contributed by atoms with Gasteiger partial charge in [0.25, 0.3) is 0 Å². The third-order valence-electron chi connectivity index (χ3n) is 4.71. The van der Waals surface area contributed by atoms with Crippen molar-refractivity contribution in [3.05, 3.63) is 43.0 Å². The van der Waals surface area contributed by atoms with Gasteiger partial charge in [0.1, 0.15) is 11.6 Å². The molecule has 154 valence electrons. The number of aromatic nitrogens is 5. The molecule has 0 aliphatic heterocycles. The quantitative estimate of drug-likeness (QED) is 0.414. The molecule has 0 aromatic carbocycles. The number of nitrogens with zero attached hydrogens (tertiary/aromatic N) is 5. The molecule has 0 radical (unpaired) electrons. The van der Waals surface area contributed by atoms with Crippen molar-refractivity contribution in [2.45, 2.75) is 57.1 Å². The Balaban J connectivity index is 1.77. The highest BCUT2D eigenvalue weighted by molar-refractivity contribution is 8.00. The molecule has 0 aliphatic carbocycles. The zero-order valence-electron chi connectivity index (χ0n) is 17.1. The van der Waals surface area contributed by atoms with Crippen molar-refractivity contribution in [2.24, 2.45) is 0 Å². The average Bonchev–Trinajstić information content (AvgIpc) is 3.42. The maximum atomic E-state index is 12.8. The minimum atomic E-state index is -0.374. The zero-order valence-corrected chi connectivity index (χ0v) is 17.9. The molecule has 0 spiro atoms. The van der Waals surface area contributed by atoms with Gasteiger partial charge in [-0.1, -0.05) is 24.8 Å². The van der Waals surface area contributed by atoms with E-state index in [1.807, 2.05) is 29.2 Å². The Bertz CT molecular complexity index is 989. The van der Waals surface area contributed by atoms with Crippen LogP contribution in [-0.2, 0) is 11.3 Å². The van der Waals surface area contributed by atoms with Crippen molar-refractivity contribution in [1.82, 2.24) is 24.5 Å². The Kier molecular flexibility index (Phi) is 6.58. The number of thioether (sulfide) groups is 1. The van der Waals surface area contributed by atoms with E-state index in [0.717, 1.165) is 17.7 Å². The first kappa shape index (κ1) is 20.9. The van der Waals surface area contributed by atoms with Crippen LogP contribution in [0.15, 0.2) is 46.8 Å². The lowest BCUT2D eigenvalue weighted by Gasteiger charge is -2.16. The number of aryl methyl sites for hydroxylation is 1. The van der Waals surface area contributed by atoms with Gasteiger partial charge in [-0.05, 0) is 33.3 Å². The summed E-state index contributed by atoms with van der Waals surface area (Å²) in [5.41, 5.74) is 0.876. The molecule has 2 unspecified atom stereocenters. The molecular formula is C20H26N6O2S. The first-order valence-corrected chi connectivity index (χ1v) is 10.4. The van der Waals surface area contributed by atoms with Crippen LogP contribution in [-0.4, -0.2) is 35.7 Å². The molecule has 9 heteroatoms. The van der Waals surface area contributed by atoms with Crippen molar-refractivity contribution in [3.8, 4) is 11.4 Å². The first-order valence-electron chi connectivity index (χ1n) is 9.55. The molecule has 1 amide bonds. The summed E-state index contributed by atoms with van der Waals surface area (Å²) >= 11 is 1.35. The lowest BCUT2D eigenvalue weighted by molar-refractivity contribution is -0.115. The van der Waals surface area contributed by atoms with Crippen molar-refractivity contribution in [2.75, 3.05) is 5.32 Å². The molecule has 1 N–H and O–H groups in total. The molecule has 0 fully saturated rings. The second kappa shape index (κ2) is 9.13. The highest BCUT2D eigenvalue weighted by Gasteiger charge is 2.23. The largest absolute Gasteiger partial charge is 0.469 e. The van der Waals surface area contributed by atoms with Crippen LogP contribution in [0.25, 0.3) is 11.4 Å². The maximum absolute atomic E-state index is 12.8. The van der Waals surface area contributed by atoms with Crippen LogP contribution in [0.4, 0.5) is 5.82 Å². The van der Waals surface area contributed by atoms with Gasteiger partial charge in [-0.25, -0.2) is 4.68 Å². The Morgan fingerprint density at radius 2 is 2.17 bits per heavy atom. The number of rotatable bonds is 9. The highest BCUT2D eigenvalue weighted by atomic mass is 32.2. The number of nitrogens with one attached hydrogen (secondary N) is 1. The minimum absolute atomic E-state index is 0.116. The number of amides is 1. The smallest absolute Gasteiger partial charge is 0.238 e. The fourth-order valence-electron chi connectivity index (χ4n) is 2.86. The second-order valence-corrected chi connectivity index (χ2v) is 8.07. The summed E-state index contributed by atoms with van der Waals surface area (Å²) in [6.45, 7) is 12.2. The number of carbonyl (C=O) groups excluding carboxylic acids is 1. The van der Waals surface area contributed by atoms with Crippen molar-refractivity contribution in [3.63, 3.8) is 0 Å². The number of furan rings is 1. The summed E-state index contributed by atoms with van der Waals surface area (Å²) in [4.78, 5) is 12.8. The molecule has 3 aromatic rings. The van der Waals surface area contributed by atoms with Crippen molar-refractivity contribution in [1.29, 1.82) is 0 Å². The summed E-state index contributed by atoms with van der Waals surface area (Å²) in [7, 11) is 0. The molecule has 0 saturated heterocycles. The standard InChI is InChI=1S/C20H26N6O2S/c1-6-11-25-18(16-9-12-28-14(16)4)23-24-20(25)29-15(5)19(27)22-17-8-10-21-26(17)13(3)7-2/h6,8-10,12-13,15H,1,7,11H2,2-5H3,(H,22,27). The van der Waals surface area contributed by atoms with Crippen LogP contribution in [0, 0.1) is 6.92 Å². The molecule has 3 aromatic heterocycles. The van der Waals surface area contributed by atoms with Gasteiger partial charge >= 0.3 is 0 Å². The van der Waals surface area contributed by atoms with E-state index in [4.69, 9.17) is 4.42 Å². The third-order valence-corrected chi connectivity index (χ3v) is 5.79. The zero-order chi connectivity index (χ0) is 21.0. The topological polar surface area (TPSA) is 90.8 Å². The van der Waals surface area contributed by atoms with Gasteiger partial charge in [0.2, 0.25) is 5.91 Å². The predicted octanol–water partition coefficient (Wildman–Crippen LogP) is 4.32. The van der Waals surface area contributed by atoms with Gasteiger partial charge in [-0.15, -0.1) is 16.8 Å². The Hall–Kier alpha value is -2.81. The normalized spacial score (nSPS) is 13.2. The van der Waals surface area contributed by atoms with Gasteiger partial charge in [0, 0.05) is 12.6 Å². The second-order valence-electron chi connectivity index (χ2n) is 6.76. The Morgan fingerprint density at radius 3 is 2.83 bits per heavy atom. The van der Waals surface area contributed by atoms with Crippen molar-refractivity contribution >= 4 is 23.5 Å². The monoisotopic (exact) mass is 414 g/mol. The SMILES string of the molecule is C=CCn1c(SC(C)C(=O)Nc2ccnn2C(C)CC)nnc1-c1ccoc1C. The summed E-state index contributed by atoms with van der Waals surface area (Å²) < 4.78 is 9.15. The molecule has 3 rings (SSSR count). The summed E-state index contributed by atoms with van der Waals surface area (Å²) in [5, 5.41) is 16.2. The fraction of sp³-hybridized carbons (Fsp3) is 0.400. The molecule has 0 saturated carbocycles. The molecule has 2 atom stereocenters. The third kappa shape index (κ3) is 4.45. The lowest BCUT2D eigenvalue weighted by atomic mass is 10.2. The lowest BCUT2D eigenvalue weighted by Crippen LogP contribution is -2.25. The number of anilines is 1. The van der Waals surface area contributed by atoms with Gasteiger partial charge in [0.05, 0.1) is 29.3 Å².